The Kier molecular flexibility index (Phi) is 4.67. The van der Waals surface area contributed by atoms with Crippen LogP contribution >= 0.6 is 11.8 Å². The smallest absolute Gasteiger partial charge is 0.336 e. The van der Waals surface area contributed by atoms with E-state index in [9.17, 15) is 9.90 Å². The Hall–Kier alpha value is -1.82. The van der Waals surface area contributed by atoms with E-state index in [1.807, 2.05) is 13.0 Å². The van der Waals surface area contributed by atoms with Gasteiger partial charge in [-0.1, -0.05) is 31.1 Å². The molecule has 0 spiro atoms. The van der Waals surface area contributed by atoms with Crippen molar-refractivity contribution < 1.29 is 14.4 Å². The van der Waals surface area contributed by atoms with E-state index in [4.69, 9.17) is 4.52 Å². The Labute approximate surface area is 127 Å². The summed E-state index contributed by atoms with van der Waals surface area (Å²) in [5.41, 5.74) is 2.22. The molecule has 0 aliphatic heterocycles. The van der Waals surface area contributed by atoms with Gasteiger partial charge >= 0.3 is 5.97 Å². The molecule has 0 aliphatic carbocycles. The molecule has 5 nitrogen and oxygen atoms in total. The zero-order chi connectivity index (χ0) is 15.6. The molecule has 1 N–H and O–H groups in total. The maximum atomic E-state index is 11.5. The van der Waals surface area contributed by atoms with Crippen molar-refractivity contribution in [2.24, 2.45) is 0 Å². The second-order valence-corrected chi connectivity index (χ2v) is 6.69. The third kappa shape index (κ3) is 3.44. The monoisotopic (exact) mass is 306 g/mol. The maximum Gasteiger partial charge on any atom is 0.336 e. The van der Waals surface area contributed by atoms with Gasteiger partial charge in [-0.25, -0.2) is 4.79 Å². The van der Waals surface area contributed by atoms with Gasteiger partial charge in [-0.3, -0.25) is 0 Å². The first kappa shape index (κ1) is 15.6. The highest BCUT2D eigenvalue weighted by atomic mass is 32.2. The summed E-state index contributed by atoms with van der Waals surface area (Å²) in [6, 6.07) is 3.65. The van der Waals surface area contributed by atoms with E-state index in [2.05, 4.69) is 24.0 Å². The van der Waals surface area contributed by atoms with E-state index in [1.165, 1.54) is 0 Å². The molecule has 0 saturated heterocycles. The number of aryl methyl sites for hydroxylation is 2. The normalized spacial score (nSPS) is 11.1. The molecule has 0 bridgehead atoms. The van der Waals surface area contributed by atoms with Crippen molar-refractivity contribution in [1.29, 1.82) is 0 Å². The molecule has 1 heterocycles. The van der Waals surface area contributed by atoms with Crippen molar-refractivity contribution in [3.8, 4) is 11.5 Å². The van der Waals surface area contributed by atoms with Crippen LogP contribution in [0.4, 0.5) is 0 Å². The highest BCUT2D eigenvalue weighted by molar-refractivity contribution is 7.99. The number of nitrogens with zero attached hydrogens (tertiary/aromatic N) is 2. The lowest BCUT2D eigenvalue weighted by atomic mass is 9.97. The Morgan fingerprint density at radius 1 is 1.33 bits per heavy atom. The molecule has 0 aliphatic rings. The number of carboxylic acid groups (broad SMARTS) is 1. The van der Waals surface area contributed by atoms with Crippen LogP contribution in [0, 0.1) is 13.8 Å². The van der Waals surface area contributed by atoms with Crippen LogP contribution in [-0.4, -0.2) is 26.5 Å². The van der Waals surface area contributed by atoms with Crippen LogP contribution in [0.2, 0.25) is 0 Å². The Morgan fingerprint density at radius 3 is 2.62 bits per heavy atom. The predicted octanol–water partition coefficient (Wildman–Crippen LogP) is 3.69. The SMILES string of the molecule is Cc1ccc(C)c(-c2nc(CSC(C)C)no2)c1C(=O)O. The lowest BCUT2D eigenvalue weighted by Crippen LogP contribution is -2.04. The molecule has 1 aromatic carbocycles. The lowest BCUT2D eigenvalue weighted by Gasteiger charge is -2.08. The second kappa shape index (κ2) is 6.30. The minimum absolute atomic E-state index is 0.224. The molecule has 2 aromatic rings. The number of hydrogen-bond donors (Lipinski definition) is 1. The number of rotatable bonds is 5. The quantitative estimate of drug-likeness (QED) is 0.907. The number of carboxylic acids is 1. The van der Waals surface area contributed by atoms with Gasteiger partial charge in [0.05, 0.1) is 16.9 Å². The molecular formula is C15H18N2O3S. The van der Waals surface area contributed by atoms with Crippen LogP contribution in [-0.2, 0) is 5.75 Å². The molecule has 21 heavy (non-hydrogen) atoms. The molecule has 0 fully saturated rings. The fourth-order valence-electron chi connectivity index (χ4n) is 2.02. The summed E-state index contributed by atoms with van der Waals surface area (Å²) >= 11 is 1.71. The highest BCUT2D eigenvalue weighted by Crippen LogP contribution is 2.29. The van der Waals surface area contributed by atoms with Gasteiger partial charge in [0.2, 0.25) is 0 Å². The maximum absolute atomic E-state index is 11.5. The van der Waals surface area contributed by atoms with Gasteiger partial charge in [0.15, 0.2) is 5.82 Å². The average molecular weight is 306 g/mol. The largest absolute Gasteiger partial charge is 0.478 e. The molecule has 0 radical (unpaired) electrons. The van der Waals surface area contributed by atoms with Gasteiger partial charge in [-0.2, -0.15) is 16.7 Å². The molecule has 0 atom stereocenters. The molecule has 0 unspecified atom stereocenters. The lowest BCUT2D eigenvalue weighted by molar-refractivity contribution is 0.0696. The summed E-state index contributed by atoms with van der Waals surface area (Å²) in [6.45, 7) is 7.80. The third-order valence-corrected chi connectivity index (χ3v) is 4.16. The zero-order valence-corrected chi connectivity index (χ0v) is 13.3. The Bertz CT molecular complexity index is 665. The van der Waals surface area contributed by atoms with Gasteiger partial charge in [0, 0.05) is 0 Å². The van der Waals surface area contributed by atoms with E-state index in [-0.39, 0.29) is 11.5 Å². The van der Waals surface area contributed by atoms with Gasteiger partial charge in [-0.05, 0) is 30.2 Å². The zero-order valence-electron chi connectivity index (χ0n) is 12.5. The van der Waals surface area contributed by atoms with E-state index >= 15 is 0 Å². The van der Waals surface area contributed by atoms with Crippen molar-refractivity contribution in [3.63, 3.8) is 0 Å². The van der Waals surface area contributed by atoms with Crippen molar-refractivity contribution in [2.75, 3.05) is 0 Å². The second-order valence-electron chi connectivity index (χ2n) is 5.13. The van der Waals surface area contributed by atoms with E-state index < -0.39 is 5.97 Å². The van der Waals surface area contributed by atoms with Crippen LogP contribution in [0.25, 0.3) is 11.5 Å². The van der Waals surface area contributed by atoms with Gasteiger partial charge in [-0.15, -0.1) is 0 Å². The number of thioether (sulfide) groups is 1. The minimum Gasteiger partial charge on any atom is -0.478 e. The fourth-order valence-corrected chi connectivity index (χ4v) is 2.62. The van der Waals surface area contributed by atoms with Crippen LogP contribution < -0.4 is 0 Å². The molecule has 112 valence electrons. The predicted molar refractivity (Wildman–Crippen MR) is 82.6 cm³/mol. The Morgan fingerprint density at radius 2 is 2.00 bits per heavy atom. The van der Waals surface area contributed by atoms with Gasteiger partial charge in [0.25, 0.3) is 5.89 Å². The van der Waals surface area contributed by atoms with Crippen molar-refractivity contribution in [3.05, 3.63) is 34.6 Å². The van der Waals surface area contributed by atoms with Crippen LogP contribution in [0.1, 0.15) is 41.2 Å². The summed E-state index contributed by atoms with van der Waals surface area (Å²) in [7, 11) is 0. The molecule has 0 saturated carbocycles. The van der Waals surface area contributed by atoms with Crippen LogP contribution in [0.3, 0.4) is 0 Å². The Balaban J connectivity index is 2.43. The number of aromatic nitrogens is 2. The van der Waals surface area contributed by atoms with Crippen LogP contribution in [0.5, 0.6) is 0 Å². The molecule has 0 amide bonds. The summed E-state index contributed by atoms with van der Waals surface area (Å²) in [5.74, 6) is 0.519. The van der Waals surface area contributed by atoms with Gasteiger partial charge in [0.1, 0.15) is 0 Å². The number of benzene rings is 1. The first-order valence-corrected chi connectivity index (χ1v) is 7.73. The van der Waals surface area contributed by atoms with E-state index in [0.29, 0.717) is 28.0 Å². The topological polar surface area (TPSA) is 76.2 Å². The minimum atomic E-state index is -0.984. The van der Waals surface area contributed by atoms with E-state index in [1.54, 1.807) is 24.8 Å². The molecular weight excluding hydrogens is 288 g/mol. The number of hydrogen-bond acceptors (Lipinski definition) is 5. The van der Waals surface area contributed by atoms with Crippen molar-refractivity contribution in [2.45, 2.75) is 38.7 Å². The summed E-state index contributed by atoms with van der Waals surface area (Å²) in [6.07, 6.45) is 0. The van der Waals surface area contributed by atoms with Crippen molar-refractivity contribution >= 4 is 17.7 Å². The number of carbonyl (C=O) groups is 1. The van der Waals surface area contributed by atoms with Gasteiger partial charge < -0.3 is 9.63 Å². The average Bonchev–Trinajstić information content (AvgIpc) is 2.86. The third-order valence-electron chi connectivity index (χ3n) is 3.06. The molecule has 6 heteroatoms. The summed E-state index contributed by atoms with van der Waals surface area (Å²) < 4.78 is 5.27. The summed E-state index contributed by atoms with van der Waals surface area (Å²) in [5, 5.41) is 13.8. The fraction of sp³-hybridized carbons (Fsp3) is 0.400. The van der Waals surface area contributed by atoms with Crippen LogP contribution in [0.15, 0.2) is 16.7 Å². The number of aromatic carboxylic acids is 1. The van der Waals surface area contributed by atoms with Crippen molar-refractivity contribution in [1.82, 2.24) is 10.1 Å². The molecule has 1 aromatic heterocycles. The summed E-state index contributed by atoms with van der Waals surface area (Å²) in [4.78, 5) is 15.8. The standard InChI is InChI=1S/C15H18N2O3S/c1-8(2)21-7-11-16-14(20-17-11)12-9(3)5-6-10(4)13(12)15(18)19/h5-6,8H,7H2,1-4H3,(H,18,19). The first-order valence-electron chi connectivity index (χ1n) is 6.68. The van der Waals surface area contributed by atoms with E-state index in [0.717, 1.165) is 5.56 Å². The first-order chi connectivity index (χ1) is 9.90. The highest BCUT2D eigenvalue weighted by Gasteiger charge is 2.21. The molecule has 2 rings (SSSR count).